The number of carbonyl (C=O) groups excluding carboxylic acids is 2. The van der Waals surface area contributed by atoms with E-state index in [-0.39, 0.29) is 24.2 Å². The minimum atomic E-state index is -0.887. The van der Waals surface area contributed by atoms with Crippen LogP contribution in [0.25, 0.3) is 0 Å². The predicted octanol–water partition coefficient (Wildman–Crippen LogP) is -0.135. The molecule has 112 valence electrons. The monoisotopic (exact) mass is 290 g/mol. The first-order valence-electron chi connectivity index (χ1n) is 6.71. The molecule has 1 aromatic carbocycles. The highest BCUT2D eigenvalue weighted by atomic mass is 16.4. The number of hydrogen-bond donors (Lipinski definition) is 3. The second-order valence-corrected chi connectivity index (χ2v) is 4.83. The van der Waals surface area contributed by atoms with E-state index in [4.69, 9.17) is 10.9 Å². The fraction of sp³-hybridized carbons (Fsp3) is 0.357. The van der Waals surface area contributed by atoms with Crippen LogP contribution >= 0.6 is 0 Å². The molecular weight excluding hydrogens is 272 g/mol. The zero-order chi connectivity index (χ0) is 15.2. The van der Waals surface area contributed by atoms with Crippen molar-refractivity contribution in [1.82, 2.24) is 10.2 Å². The Balaban J connectivity index is 2.28. The Morgan fingerprint density at radius 3 is 2.76 bits per heavy atom. The largest absolute Gasteiger partial charge is 0.409 e. The average Bonchev–Trinajstić information content (AvgIpc) is 2.73. The molecule has 1 aliphatic heterocycles. The van der Waals surface area contributed by atoms with E-state index in [9.17, 15) is 9.59 Å². The summed E-state index contributed by atoms with van der Waals surface area (Å²) in [5.74, 6) is -1.61. The van der Waals surface area contributed by atoms with Crippen LogP contribution in [-0.4, -0.2) is 47.4 Å². The molecule has 0 aromatic heterocycles. The molecule has 0 radical (unpaired) electrons. The molecule has 0 bridgehead atoms. The second kappa shape index (κ2) is 6.74. The van der Waals surface area contributed by atoms with Gasteiger partial charge in [0.15, 0.2) is 5.84 Å². The van der Waals surface area contributed by atoms with Crippen LogP contribution < -0.4 is 11.1 Å². The van der Waals surface area contributed by atoms with Crippen LogP contribution in [0.15, 0.2) is 35.5 Å². The third-order valence-corrected chi connectivity index (χ3v) is 3.36. The van der Waals surface area contributed by atoms with Crippen molar-refractivity contribution in [2.45, 2.75) is 12.3 Å². The maximum atomic E-state index is 12.7. The van der Waals surface area contributed by atoms with E-state index in [1.807, 2.05) is 6.07 Å². The number of amides is 2. The summed E-state index contributed by atoms with van der Waals surface area (Å²) >= 11 is 0. The second-order valence-electron chi connectivity index (χ2n) is 4.83. The van der Waals surface area contributed by atoms with Gasteiger partial charge in [-0.2, -0.15) is 0 Å². The van der Waals surface area contributed by atoms with Crippen molar-refractivity contribution in [1.29, 1.82) is 0 Å². The van der Waals surface area contributed by atoms with Gasteiger partial charge in [-0.3, -0.25) is 9.59 Å². The average molecular weight is 290 g/mol. The van der Waals surface area contributed by atoms with E-state index in [0.717, 1.165) is 0 Å². The molecule has 4 N–H and O–H groups in total. The van der Waals surface area contributed by atoms with Crippen LogP contribution in [0.4, 0.5) is 0 Å². The number of nitrogens with zero attached hydrogens (tertiary/aromatic N) is 2. The Labute approximate surface area is 122 Å². The van der Waals surface area contributed by atoms with Gasteiger partial charge in [0.05, 0.1) is 6.54 Å². The Morgan fingerprint density at radius 2 is 2.10 bits per heavy atom. The molecule has 2 amide bonds. The third kappa shape index (κ3) is 3.50. The third-order valence-electron chi connectivity index (χ3n) is 3.36. The fourth-order valence-electron chi connectivity index (χ4n) is 2.32. The lowest BCUT2D eigenvalue weighted by atomic mass is 9.96. The van der Waals surface area contributed by atoms with Crippen molar-refractivity contribution in [3.8, 4) is 0 Å². The highest BCUT2D eigenvalue weighted by molar-refractivity contribution is 6.08. The fourth-order valence-corrected chi connectivity index (χ4v) is 2.32. The van der Waals surface area contributed by atoms with E-state index < -0.39 is 5.92 Å². The number of benzene rings is 1. The summed E-state index contributed by atoms with van der Waals surface area (Å²) in [5, 5.41) is 14.6. The standard InChI is InChI=1S/C14H18N4O3/c15-13(17-21)12(10-5-2-1-3-6-10)14(20)18-8-4-7-16-11(19)9-18/h1-3,5-6,12,21H,4,7-9H2,(H2,15,17)(H,16,19). The summed E-state index contributed by atoms with van der Waals surface area (Å²) in [4.78, 5) is 25.7. The highest BCUT2D eigenvalue weighted by Gasteiger charge is 2.31. The van der Waals surface area contributed by atoms with E-state index in [2.05, 4.69) is 10.5 Å². The normalized spacial score (nSPS) is 17.8. The molecule has 1 heterocycles. The van der Waals surface area contributed by atoms with E-state index in [1.54, 1.807) is 24.3 Å². The van der Waals surface area contributed by atoms with Gasteiger partial charge in [0.1, 0.15) is 5.92 Å². The predicted molar refractivity (Wildman–Crippen MR) is 76.8 cm³/mol. The molecular formula is C14H18N4O3. The summed E-state index contributed by atoms with van der Waals surface area (Å²) < 4.78 is 0. The Morgan fingerprint density at radius 1 is 1.38 bits per heavy atom. The molecule has 7 nitrogen and oxygen atoms in total. The Hall–Kier alpha value is -2.57. The minimum absolute atomic E-state index is 0.0130. The van der Waals surface area contributed by atoms with Gasteiger partial charge in [-0.05, 0) is 12.0 Å². The highest BCUT2D eigenvalue weighted by Crippen LogP contribution is 2.19. The zero-order valence-corrected chi connectivity index (χ0v) is 11.5. The number of nitrogens with two attached hydrogens (primary N) is 1. The number of nitrogens with one attached hydrogen (secondary N) is 1. The van der Waals surface area contributed by atoms with Crippen molar-refractivity contribution in [3.63, 3.8) is 0 Å². The number of amidine groups is 1. The Kier molecular flexibility index (Phi) is 4.76. The topological polar surface area (TPSA) is 108 Å². The van der Waals surface area contributed by atoms with Gasteiger partial charge in [-0.15, -0.1) is 0 Å². The zero-order valence-electron chi connectivity index (χ0n) is 11.5. The van der Waals surface area contributed by atoms with Gasteiger partial charge in [0.2, 0.25) is 11.8 Å². The number of hydrogen-bond acceptors (Lipinski definition) is 4. The van der Waals surface area contributed by atoms with Gasteiger partial charge in [0.25, 0.3) is 0 Å². The van der Waals surface area contributed by atoms with Crippen molar-refractivity contribution in [2.75, 3.05) is 19.6 Å². The van der Waals surface area contributed by atoms with Gasteiger partial charge in [-0.25, -0.2) is 0 Å². The van der Waals surface area contributed by atoms with E-state index >= 15 is 0 Å². The van der Waals surface area contributed by atoms with Crippen LogP contribution in [0, 0.1) is 0 Å². The van der Waals surface area contributed by atoms with E-state index in [0.29, 0.717) is 25.1 Å². The van der Waals surface area contributed by atoms with Gasteiger partial charge < -0.3 is 21.2 Å². The maximum Gasteiger partial charge on any atom is 0.239 e. The van der Waals surface area contributed by atoms with Crippen LogP contribution in [0.1, 0.15) is 17.9 Å². The molecule has 1 fully saturated rings. The summed E-state index contributed by atoms with van der Waals surface area (Å²) in [6.07, 6.45) is 0.676. The smallest absolute Gasteiger partial charge is 0.239 e. The summed E-state index contributed by atoms with van der Waals surface area (Å²) in [6.45, 7) is 0.989. The van der Waals surface area contributed by atoms with Crippen molar-refractivity contribution >= 4 is 17.6 Å². The molecule has 2 rings (SSSR count). The molecule has 1 saturated heterocycles. The van der Waals surface area contributed by atoms with Crippen LogP contribution in [0.2, 0.25) is 0 Å². The van der Waals surface area contributed by atoms with Crippen molar-refractivity contribution < 1.29 is 14.8 Å². The van der Waals surface area contributed by atoms with Crippen LogP contribution in [0.3, 0.4) is 0 Å². The minimum Gasteiger partial charge on any atom is -0.409 e. The van der Waals surface area contributed by atoms with Crippen molar-refractivity contribution in [3.05, 3.63) is 35.9 Å². The molecule has 1 atom stereocenters. The quantitative estimate of drug-likeness (QED) is 0.312. The molecule has 1 aliphatic rings. The molecule has 21 heavy (non-hydrogen) atoms. The SMILES string of the molecule is NC(=NO)C(C(=O)N1CCCNC(=O)C1)c1ccccc1. The molecule has 0 aliphatic carbocycles. The number of rotatable bonds is 3. The molecule has 0 saturated carbocycles. The number of oxime groups is 1. The first-order chi connectivity index (χ1) is 10.1. The van der Waals surface area contributed by atoms with Gasteiger partial charge in [0, 0.05) is 13.1 Å². The molecule has 0 spiro atoms. The summed E-state index contributed by atoms with van der Waals surface area (Å²) in [5.41, 5.74) is 6.31. The summed E-state index contributed by atoms with van der Waals surface area (Å²) in [7, 11) is 0. The van der Waals surface area contributed by atoms with Crippen molar-refractivity contribution in [2.24, 2.45) is 10.9 Å². The molecule has 1 aromatic rings. The van der Waals surface area contributed by atoms with E-state index in [1.165, 1.54) is 4.90 Å². The lowest BCUT2D eigenvalue weighted by Crippen LogP contribution is -2.43. The molecule has 7 heteroatoms. The summed E-state index contributed by atoms with van der Waals surface area (Å²) in [6, 6.07) is 8.83. The first kappa shape index (κ1) is 14.8. The van der Waals surface area contributed by atoms with Crippen LogP contribution in [0.5, 0.6) is 0 Å². The molecule has 1 unspecified atom stereocenters. The first-order valence-corrected chi connectivity index (χ1v) is 6.71. The maximum absolute atomic E-state index is 12.7. The van der Waals surface area contributed by atoms with Gasteiger partial charge in [-0.1, -0.05) is 35.5 Å². The lowest BCUT2D eigenvalue weighted by Gasteiger charge is -2.24. The van der Waals surface area contributed by atoms with Gasteiger partial charge >= 0.3 is 0 Å². The Bertz CT molecular complexity index is 544. The van der Waals surface area contributed by atoms with Crippen LogP contribution in [-0.2, 0) is 9.59 Å². The lowest BCUT2D eigenvalue weighted by molar-refractivity contribution is -0.135. The number of carbonyl (C=O) groups is 2.